The molecule has 0 aliphatic rings. The summed E-state index contributed by atoms with van der Waals surface area (Å²) >= 11 is 5.62. The Labute approximate surface area is 111 Å². The number of benzene rings is 1. The number of halogens is 5. The van der Waals surface area contributed by atoms with Gasteiger partial charge in [-0.05, 0) is 30.3 Å². The lowest BCUT2D eigenvalue weighted by Crippen LogP contribution is -2.06. The maximum atomic E-state index is 13.4. The van der Waals surface area contributed by atoms with E-state index in [1.807, 2.05) is 0 Å². The van der Waals surface area contributed by atoms with Crippen LogP contribution in [0, 0.1) is 5.82 Å². The van der Waals surface area contributed by atoms with Gasteiger partial charge in [0.05, 0.1) is 16.3 Å². The third-order valence-corrected chi connectivity index (χ3v) is 2.51. The number of nitrogens with one attached hydrogen (secondary N) is 1. The standard InChI is InChI=1S/C12H7ClF4N2/c13-8-2-4-11(18-6-8)19-10-5-7(12(15,16)17)1-3-9(10)14/h1-6H,(H,18,19). The molecule has 2 rings (SSSR count). The molecule has 100 valence electrons. The van der Waals surface area contributed by atoms with Crippen molar-refractivity contribution in [2.45, 2.75) is 6.18 Å². The van der Waals surface area contributed by atoms with Crippen molar-refractivity contribution in [3.8, 4) is 0 Å². The van der Waals surface area contributed by atoms with Crippen molar-refractivity contribution in [1.82, 2.24) is 4.98 Å². The zero-order valence-electron chi connectivity index (χ0n) is 9.30. The van der Waals surface area contributed by atoms with Gasteiger partial charge in [0, 0.05) is 6.20 Å². The summed E-state index contributed by atoms with van der Waals surface area (Å²) in [6, 6.07) is 5.03. The van der Waals surface area contributed by atoms with E-state index in [0.717, 1.165) is 6.07 Å². The van der Waals surface area contributed by atoms with E-state index in [2.05, 4.69) is 10.3 Å². The average Bonchev–Trinajstić information content (AvgIpc) is 2.33. The summed E-state index contributed by atoms with van der Waals surface area (Å²) < 4.78 is 51.0. The van der Waals surface area contributed by atoms with Gasteiger partial charge in [0.15, 0.2) is 0 Å². The lowest BCUT2D eigenvalue weighted by Gasteiger charge is -2.11. The molecule has 0 amide bonds. The van der Waals surface area contributed by atoms with Crippen molar-refractivity contribution in [3.63, 3.8) is 0 Å². The monoisotopic (exact) mass is 290 g/mol. The van der Waals surface area contributed by atoms with Gasteiger partial charge in [-0.15, -0.1) is 0 Å². The van der Waals surface area contributed by atoms with Crippen LogP contribution in [-0.2, 0) is 6.18 Å². The van der Waals surface area contributed by atoms with E-state index in [-0.39, 0.29) is 11.5 Å². The number of aromatic nitrogens is 1. The maximum Gasteiger partial charge on any atom is 0.416 e. The minimum Gasteiger partial charge on any atom is -0.338 e. The van der Waals surface area contributed by atoms with Gasteiger partial charge >= 0.3 is 6.18 Å². The molecule has 0 atom stereocenters. The lowest BCUT2D eigenvalue weighted by molar-refractivity contribution is -0.137. The Morgan fingerprint density at radius 1 is 1.11 bits per heavy atom. The Morgan fingerprint density at radius 2 is 1.84 bits per heavy atom. The highest BCUT2D eigenvalue weighted by atomic mass is 35.5. The summed E-state index contributed by atoms with van der Waals surface area (Å²) in [5.41, 5.74) is -1.24. The molecule has 0 unspecified atom stereocenters. The average molecular weight is 291 g/mol. The molecule has 0 fully saturated rings. The molecule has 1 heterocycles. The van der Waals surface area contributed by atoms with Crippen LogP contribution in [0.1, 0.15) is 5.56 Å². The summed E-state index contributed by atoms with van der Waals surface area (Å²) in [6.45, 7) is 0. The summed E-state index contributed by atoms with van der Waals surface area (Å²) in [5, 5.41) is 2.84. The van der Waals surface area contributed by atoms with Crippen molar-refractivity contribution in [2.75, 3.05) is 5.32 Å². The Morgan fingerprint density at radius 3 is 2.42 bits per heavy atom. The predicted octanol–water partition coefficient (Wildman–Crippen LogP) is 4.64. The van der Waals surface area contributed by atoms with Crippen LogP contribution in [0.25, 0.3) is 0 Å². The summed E-state index contributed by atoms with van der Waals surface area (Å²) in [4.78, 5) is 3.82. The minimum atomic E-state index is -4.53. The van der Waals surface area contributed by atoms with E-state index in [4.69, 9.17) is 11.6 Å². The topological polar surface area (TPSA) is 24.9 Å². The highest BCUT2D eigenvalue weighted by molar-refractivity contribution is 6.30. The predicted molar refractivity (Wildman–Crippen MR) is 63.9 cm³/mol. The molecular formula is C12H7ClF4N2. The number of pyridine rings is 1. The van der Waals surface area contributed by atoms with Gasteiger partial charge in [0.2, 0.25) is 0 Å². The van der Waals surface area contributed by atoms with Crippen LogP contribution >= 0.6 is 11.6 Å². The van der Waals surface area contributed by atoms with E-state index < -0.39 is 17.6 Å². The van der Waals surface area contributed by atoms with Crippen molar-refractivity contribution < 1.29 is 17.6 Å². The zero-order chi connectivity index (χ0) is 14.0. The fourth-order valence-electron chi connectivity index (χ4n) is 1.39. The van der Waals surface area contributed by atoms with Crippen LogP contribution in [-0.4, -0.2) is 4.98 Å². The van der Waals surface area contributed by atoms with Gasteiger partial charge in [-0.3, -0.25) is 0 Å². The van der Waals surface area contributed by atoms with Gasteiger partial charge in [-0.2, -0.15) is 13.2 Å². The van der Waals surface area contributed by atoms with Gasteiger partial charge in [-0.1, -0.05) is 11.6 Å². The van der Waals surface area contributed by atoms with Crippen LogP contribution in [0.5, 0.6) is 0 Å². The molecule has 19 heavy (non-hydrogen) atoms. The molecular weight excluding hydrogens is 284 g/mol. The van der Waals surface area contributed by atoms with Crippen molar-refractivity contribution in [2.24, 2.45) is 0 Å². The summed E-state index contributed by atoms with van der Waals surface area (Å²) in [7, 11) is 0. The number of anilines is 2. The quantitative estimate of drug-likeness (QED) is 0.815. The first-order valence-corrected chi connectivity index (χ1v) is 5.49. The van der Waals surface area contributed by atoms with Crippen molar-refractivity contribution in [3.05, 3.63) is 52.9 Å². The molecule has 1 aromatic heterocycles. The zero-order valence-corrected chi connectivity index (χ0v) is 10.1. The van der Waals surface area contributed by atoms with Crippen LogP contribution in [0.15, 0.2) is 36.5 Å². The Hall–Kier alpha value is -1.82. The molecule has 2 aromatic rings. The fourth-order valence-corrected chi connectivity index (χ4v) is 1.50. The molecule has 2 nitrogen and oxygen atoms in total. The van der Waals surface area contributed by atoms with E-state index >= 15 is 0 Å². The Balaban J connectivity index is 2.31. The first kappa shape index (κ1) is 13.6. The largest absolute Gasteiger partial charge is 0.416 e. The summed E-state index contributed by atoms with van der Waals surface area (Å²) in [6.07, 6.45) is -3.23. The highest BCUT2D eigenvalue weighted by Gasteiger charge is 2.31. The number of alkyl halides is 3. The van der Waals surface area contributed by atoms with E-state index in [9.17, 15) is 17.6 Å². The first-order chi connectivity index (χ1) is 8.86. The molecule has 0 radical (unpaired) electrons. The fraction of sp³-hybridized carbons (Fsp3) is 0.0833. The molecule has 0 bridgehead atoms. The maximum absolute atomic E-state index is 13.4. The second-order valence-corrected chi connectivity index (χ2v) is 4.12. The number of nitrogens with zero attached hydrogens (tertiary/aromatic N) is 1. The van der Waals surface area contributed by atoms with Gasteiger partial charge in [-0.25, -0.2) is 9.37 Å². The third-order valence-electron chi connectivity index (χ3n) is 2.28. The molecule has 0 aliphatic heterocycles. The number of hydrogen-bond acceptors (Lipinski definition) is 2. The van der Waals surface area contributed by atoms with Crippen molar-refractivity contribution in [1.29, 1.82) is 0 Å². The normalized spacial score (nSPS) is 11.4. The molecule has 1 aromatic carbocycles. The highest BCUT2D eigenvalue weighted by Crippen LogP contribution is 2.32. The van der Waals surface area contributed by atoms with Gasteiger partial charge < -0.3 is 5.32 Å². The van der Waals surface area contributed by atoms with Gasteiger partial charge in [0.1, 0.15) is 11.6 Å². The number of rotatable bonds is 2. The van der Waals surface area contributed by atoms with E-state index in [1.165, 1.54) is 18.3 Å². The van der Waals surface area contributed by atoms with Crippen LogP contribution in [0.3, 0.4) is 0 Å². The first-order valence-electron chi connectivity index (χ1n) is 5.11. The van der Waals surface area contributed by atoms with Gasteiger partial charge in [0.25, 0.3) is 0 Å². The Bertz CT molecular complexity index is 581. The van der Waals surface area contributed by atoms with Crippen LogP contribution in [0.4, 0.5) is 29.1 Å². The molecule has 0 spiro atoms. The SMILES string of the molecule is Fc1ccc(C(F)(F)F)cc1Nc1ccc(Cl)cn1. The minimum absolute atomic E-state index is 0.197. The summed E-state index contributed by atoms with van der Waals surface area (Å²) in [5.74, 6) is -0.604. The molecule has 1 N–H and O–H groups in total. The third kappa shape index (κ3) is 3.35. The second-order valence-electron chi connectivity index (χ2n) is 3.68. The molecule has 0 saturated carbocycles. The second kappa shape index (κ2) is 5.05. The van der Waals surface area contributed by atoms with E-state index in [0.29, 0.717) is 17.2 Å². The molecule has 7 heteroatoms. The van der Waals surface area contributed by atoms with Crippen LogP contribution < -0.4 is 5.32 Å². The molecule has 0 saturated heterocycles. The Kier molecular flexibility index (Phi) is 3.61. The van der Waals surface area contributed by atoms with E-state index in [1.54, 1.807) is 0 Å². The number of hydrogen-bond donors (Lipinski definition) is 1. The lowest BCUT2D eigenvalue weighted by atomic mass is 10.2. The van der Waals surface area contributed by atoms with Crippen molar-refractivity contribution >= 4 is 23.1 Å². The molecule has 0 aliphatic carbocycles. The van der Waals surface area contributed by atoms with Crippen LogP contribution in [0.2, 0.25) is 5.02 Å². The smallest absolute Gasteiger partial charge is 0.338 e.